The number of aliphatic hydroxyl groups is 1. The molecule has 4 N–H and O–H groups in total. The molecule has 2 amide bonds. The van der Waals surface area contributed by atoms with Crippen LogP contribution in [0.2, 0.25) is 0 Å². The van der Waals surface area contributed by atoms with Crippen LogP contribution < -0.4 is 10.6 Å². The summed E-state index contributed by atoms with van der Waals surface area (Å²) in [5.41, 5.74) is 0.596. The molecule has 0 aliphatic carbocycles. The van der Waals surface area contributed by atoms with Crippen molar-refractivity contribution in [2.24, 2.45) is 0 Å². The molecule has 1 atom stereocenters. The Kier molecular flexibility index (Phi) is 4.73. The number of fused-ring (bicyclic) bond motifs is 1. The first kappa shape index (κ1) is 14.8. The Morgan fingerprint density at radius 3 is 2.52 bits per heavy atom. The lowest BCUT2D eigenvalue weighted by atomic mass is 10.1. The van der Waals surface area contributed by atoms with Crippen molar-refractivity contribution in [1.29, 1.82) is 0 Å². The van der Waals surface area contributed by atoms with Gasteiger partial charge in [0.05, 0.1) is 5.69 Å². The fourth-order valence-corrected chi connectivity index (χ4v) is 2.04. The Labute approximate surface area is 121 Å². The van der Waals surface area contributed by atoms with E-state index in [1.807, 2.05) is 30.3 Å². The summed E-state index contributed by atoms with van der Waals surface area (Å²) in [5.74, 6) is -1.18. The number of hydrogen-bond donors (Lipinski definition) is 4. The molecule has 6 nitrogen and oxygen atoms in total. The van der Waals surface area contributed by atoms with E-state index >= 15 is 0 Å². The summed E-state index contributed by atoms with van der Waals surface area (Å²) in [5, 5.41) is 24.5. The van der Waals surface area contributed by atoms with E-state index in [0.717, 1.165) is 10.8 Å². The lowest BCUT2D eigenvalue weighted by Gasteiger charge is -2.15. The van der Waals surface area contributed by atoms with Gasteiger partial charge in [0.1, 0.15) is 6.04 Å². The van der Waals surface area contributed by atoms with Crippen LogP contribution in [0.5, 0.6) is 0 Å². The second kappa shape index (κ2) is 6.71. The molecule has 0 radical (unpaired) electrons. The molecule has 0 aliphatic heterocycles. The Morgan fingerprint density at radius 2 is 1.81 bits per heavy atom. The van der Waals surface area contributed by atoms with Crippen molar-refractivity contribution in [3.05, 3.63) is 42.5 Å². The first-order chi connectivity index (χ1) is 10.1. The predicted octanol–water partition coefficient (Wildman–Crippen LogP) is 1.80. The lowest BCUT2D eigenvalue weighted by Crippen LogP contribution is -2.43. The summed E-state index contributed by atoms with van der Waals surface area (Å²) < 4.78 is 0. The van der Waals surface area contributed by atoms with Crippen LogP contribution in [0.25, 0.3) is 10.8 Å². The SMILES string of the molecule is O=C(Nc1cccc2ccccc12)N[C@@H](CCO)C(=O)O. The molecule has 110 valence electrons. The van der Waals surface area contributed by atoms with Gasteiger partial charge in [-0.3, -0.25) is 0 Å². The summed E-state index contributed by atoms with van der Waals surface area (Å²) >= 11 is 0. The smallest absolute Gasteiger partial charge is 0.326 e. The van der Waals surface area contributed by atoms with Gasteiger partial charge in [-0.1, -0.05) is 36.4 Å². The maximum Gasteiger partial charge on any atom is 0.326 e. The molecular weight excluding hydrogens is 272 g/mol. The highest BCUT2D eigenvalue weighted by Gasteiger charge is 2.19. The standard InChI is InChI=1S/C15H16N2O4/c18-9-8-13(14(19)20)17-15(21)16-12-7-3-5-10-4-1-2-6-11(10)12/h1-7,13,18H,8-9H2,(H,19,20)(H2,16,17,21)/t13-/m0/s1. The van der Waals surface area contributed by atoms with E-state index in [9.17, 15) is 9.59 Å². The van der Waals surface area contributed by atoms with Gasteiger partial charge in [-0.05, 0) is 11.5 Å². The minimum atomic E-state index is -1.18. The van der Waals surface area contributed by atoms with Gasteiger partial charge in [0, 0.05) is 18.4 Å². The Hall–Kier alpha value is -2.60. The van der Waals surface area contributed by atoms with E-state index in [1.54, 1.807) is 12.1 Å². The van der Waals surface area contributed by atoms with Gasteiger partial charge in [-0.15, -0.1) is 0 Å². The molecule has 2 aromatic carbocycles. The summed E-state index contributed by atoms with van der Waals surface area (Å²) in [6.45, 7) is -0.314. The van der Waals surface area contributed by atoms with Gasteiger partial charge in [-0.25, -0.2) is 9.59 Å². The molecule has 0 unspecified atom stereocenters. The zero-order chi connectivity index (χ0) is 15.2. The molecule has 0 spiro atoms. The summed E-state index contributed by atoms with van der Waals surface area (Å²) in [7, 11) is 0. The van der Waals surface area contributed by atoms with Crippen LogP contribution in [0, 0.1) is 0 Å². The molecule has 0 aromatic heterocycles. The number of amides is 2. The summed E-state index contributed by atoms with van der Waals surface area (Å²) in [6.07, 6.45) is -0.0434. The number of carboxylic acids is 1. The largest absolute Gasteiger partial charge is 0.480 e. The van der Waals surface area contributed by atoms with E-state index in [1.165, 1.54) is 0 Å². The number of anilines is 1. The monoisotopic (exact) mass is 288 g/mol. The number of nitrogens with one attached hydrogen (secondary N) is 2. The Balaban J connectivity index is 2.13. The normalized spacial score (nSPS) is 11.9. The maximum atomic E-state index is 11.9. The second-order valence-electron chi connectivity index (χ2n) is 4.53. The van der Waals surface area contributed by atoms with Crippen molar-refractivity contribution in [2.75, 3.05) is 11.9 Å². The summed E-state index contributed by atoms with van der Waals surface area (Å²) in [6, 6.07) is 11.3. The zero-order valence-electron chi connectivity index (χ0n) is 11.2. The van der Waals surface area contributed by atoms with Crippen molar-refractivity contribution < 1.29 is 19.8 Å². The van der Waals surface area contributed by atoms with Crippen LogP contribution in [-0.2, 0) is 4.79 Å². The molecule has 21 heavy (non-hydrogen) atoms. The molecule has 0 fully saturated rings. The Bertz CT molecular complexity index is 652. The molecule has 0 heterocycles. The fourth-order valence-electron chi connectivity index (χ4n) is 2.04. The number of carbonyl (C=O) groups is 2. The summed E-state index contributed by atoms with van der Waals surface area (Å²) in [4.78, 5) is 22.8. The molecular formula is C15H16N2O4. The third kappa shape index (κ3) is 3.70. The average Bonchev–Trinajstić information content (AvgIpc) is 2.47. The van der Waals surface area contributed by atoms with Crippen molar-refractivity contribution in [1.82, 2.24) is 5.32 Å². The Morgan fingerprint density at radius 1 is 1.10 bits per heavy atom. The van der Waals surface area contributed by atoms with Gasteiger partial charge < -0.3 is 20.8 Å². The highest BCUT2D eigenvalue weighted by atomic mass is 16.4. The molecule has 2 aromatic rings. The molecule has 0 bridgehead atoms. The molecule has 2 rings (SSSR count). The number of rotatable bonds is 5. The minimum Gasteiger partial charge on any atom is -0.480 e. The highest BCUT2D eigenvalue weighted by Crippen LogP contribution is 2.22. The van der Waals surface area contributed by atoms with E-state index in [-0.39, 0.29) is 13.0 Å². The topological polar surface area (TPSA) is 98.7 Å². The van der Waals surface area contributed by atoms with E-state index in [2.05, 4.69) is 10.6 Å². The number of urea groups is 1. The van der Waals surface area contributed by atoms with Crippen LogP contribution in [0.3, 0.4) is 0 Å². The van der Waals surface area contributed by atoms with Gasteiger partial charge in [0.15, 0.2) is 0 Å². The second-order valence-corrected chi connectivity index (χ2v) is 4.53. The first-order valence-corrected chi connectivity index (χ1v) is 6.51. The quantitative estimate of drug-likeness (QED) is 0.674. The number of carboxylic acid groups (broad SMARTS) is 1. The predicted molar refractivity (Wildman–Crippen MR) is 79.2 cm³/mol. The molecule has 0 aliphatic rings. The molecule has 0 saturated carbocycles. The van der Waals surface area contributed by atoms with Gasteiger partial charge in [0.2, 0.25) is 0 Å². The third-order valence-corrected chi connectivity index (χ3v) is 3.06. The number of benzene rings is 2. The van der Waals surface area contributed by atoms with Crippen LogP contribution in [0.4, 0.5) is 10.5 Å². The van der Waals surface area contributed by atoms with Gasteiger partial charge in [0.25, 0.3) is 0 Å². The van der Waals surface area contributed by atoms with Crippen molar-refractivity contribution in [3.63, 3.8) is 0 Å². The van der Waals surface area contributed by atoms with Gasteiger partial charge >= 0.3 is 12.0 Å². The number of aliphatic carboxylic acids is 1. The van der Waals surface area contributed by atoms with Crippen LogP contribution in [0.15, 0.2) is 42.5 Å². The third-order valence-electron chi connectivity index (χ3n) is 3.06. The average molecular weight is 288 g/mol. The molecule has 6 heteroatoms. The van der Waals surface area contributed by atoms with Crippen LogP contribution in [-0.4, -0.2) is 34.9 Å². The number of carbonyl (C=O) groups excluding carboxylic acids is 1. The van der Waals surface area contributed by atoms with Crippen molar-refractivity contribution in [3.8, 4) is 0 Å². The van der Waals surface area contributed by atoms with Crippen LogP contribution >= 0.6 is 0 Å². The highest BCUT2D eigenvalue weighted by molar-refractivity contribution is 6.02. The van der Waals surface area contributed by atoms with E-state index in [4.69, 9.17) is 10.2 Å². The van der Waals surface area contributed by atoms with Crippen molar-refractivity contribution >= 4 is 28.5 Å². The molecule has 0 saturated heterocycles. The number of aliphatic hydroxyl groups excluding tert-OH is 1. The fraction of sp³-hybridized carbons (Fsp3) is 0.200. The lowest BCUT2D eigenvalue weighted by molar-refractivity contribution is -0.139. The van der Waals surface area contributed by atoms with Crippen LogP contribution in [0.1, 0.15) is 6.42 Å². The van der Waals surface area contributed by atoms with Gasteiger partial charge in [-0.2, -0.15) is 0 Å². The first-order valence-electron chi connectivity index (χ1n) is 6.51. The minimum absolute atomic E-state index is 0.0434. The number of hydrogen-bond acceptors (Lipinski definition) is 3. The van der Waals surface area contributed by atoms with E-state index in [0.29, 0.717) is 5.69 Å². The van der Waals surface area contributed by atoms with E-state index < -0.39 is 18.0 Å². The zero-order valence-corrected chi connectivity index (χ0v) is 11.2. The van der Waals surface area contributed by atoms with Crippen molar-refractivity contribution in [2.45, 2.75) is 12.5 Å². The maximum absolute atomic E-state index is 11.9.